The van der Waals surface area contributed by atoms with E-state index in [1.54, 1.807) is 21.3 Å². The first kappa shape index (κ1) is 25.2. The minimum absolute atomic E-state index is 0.595. The first-order chi connectivity index (χ1) is 16.6. The number of aliphatic hydroxyl groups is 1. The molecule has 0 saturated heterocycles. The molecule has 0 radical (unpaired) electrons. The van der Waals surface area contributed by atoms with Crippen LogP contribution in [-0.4, -0.2) is 26.4 Å². The fourth-order valence-corrected chi connectivity index (χ4v) is 3.75. The molecule has 180 valence electrons. The normalized spacial score (nSPS) is 12.9. The third-order valence-electron chi connectivity index (χ3n) is 5.61. The van der Waals surface area contributed by atoms with E-state index in [2.05, 4.69) is 24.3 Å². The fraction of sp³-hybridized carbons (Fsp3) is 0.310. The monoisotopic (exact) mass is 462 g/mol. The highest BCUT2D eigenvalue weighted by molar-refractivity contribution is 5.81. The van der Waals surface area contributed by atoms with Crippen molar-refractivity contribution >= 4 is 17.0 Å². The molecule has 3 rings (SSSR count). The van der Waals surface area contributed by atoms with E-state index < -0.39 is 6.10 Å². The highest BCUT2D eigenvalue weighted by atomic mass is 16.5. The van der Waals surface area contributed by atoms with Crippen molar-refractivity contribution in [1.82, 2.24) is 0 Å². The SMILES string of the molecule is COc1cc(C=CCCC=CC=CCCC(O)c2cc3c(C)cccc3o2)cc(OC)c1OC. The summed E-state index contributed by atoms with van der Waals surface area (Å²) in [4.78, 5) is 0. The largest absolute Gasteiger partial charge is 0.493 e. The van der Waals surface area contributed by atoms with Crippen LogP contribution < -0.4 is 14.2 Å². The second-order valence-electron chi connectivity index (χ2n) is 8.02. The predicted octanol–water partition coefficient (Wildman–Crippen LogP) is 7.19. The lowest BCUT2D eigenvalue weighted by Gasteiger charge is -2.12. The Morgan fingerprint density at radius 2 is 1.56 bits per heavy atom. The number of aliphatic hydroxyl groups excluding tert-OH is 1. The predicted molar refractivity (Wildman–Crippen MR) is 138 cm³/mol. The van der Waals surface area contributed by atoms with E-state index in [0.29, 0.717) is 29.4 Å². The molecule has 0 aliphatic heterocycles. The topological polar surface area (TPSA) is 61.1 Å². The van der Waals surface area contributed by atoms with Gasteiger partial charge in [-0.3, -0.25) is 0 Å². The molecule has 34 heavy (non-hydrogen) atoms. The van der Waals surface area contributed by atoms with Gasteiger partial charge >= 0.3 is 0 Å². The zero-order valence-corrected chi connectivity index (χ0v) is 20.4. The summed E-state index contributed by atoms with van der Waals surface area (Å²) in [6.07, 6.45) is 15.1. The molecule has 0 bridgehead atoms. The average molecular weight is 463 g/mol. The molecule has 0 aliphatic rings. The number of fused-ring (bicyclic) bond motifs is 1. The standard InChI is InChI=1S/C29H34O5/c1-21-14-13-17-25-23(21)20-26(34-25)24(30)16-12-10-8-6-5-7-9-11-15-22-18-27(31-2)29(33-4)28(19-22)32-3/h5-6,8,10-11,13-15,17-20,24,30H,7,9,12,16H2,1-4H3. The molecular weight excluding hydrogens is 428 g/mol. The van der Waals surface area contributed by atoms with Crippen molar-refractivity contribution in [3.8, 4) is 17.2 Å². The lowest BCUT2D eigenvalue weighted by atomic mass is 10.1. The zero-order chi connectivity index (χ0) is 24.3. The highest BCUT2D eigenvalue weighted by Gasteiger charge is 2.13. The summed E-state index contributed by atoms with van der Waals surface area (Å²) in [7, 11) is 4.83. The van der Waals surface area contributed by atoms with Crippen LogP contribution in [0.25, 0.3) is 17.0 Å². The first-order valence-corrected chi connectivity index (χ1v) is 11.5. The second kappa shape index (κ2) is 12.7. The summed E-state index contributed by atoms with van der Waals surface area (Å²) in [5.74, 6) is 2.52. The third-order valence-corrected chi connectivity index (χ3v) is 5.61. The number of methoxy groups -OCH3 is 3. The Bertz CT molecular complexity index is 1130. The molecule has 0 amide bonds. The van der Waals surface area contributed by atoms with Gasteiger partial charge in [0, 0.05) is 5.39 Å². The number of hydrogen-bond acceptors (Lipinski definition) is 5. The fourth-order valence-electron chi connectivity index (χ4n) is 3.75. The minimum atomic E-state index is -0.597. The van der Waals surface area contributed by atoms with Crippen molar-refractivity contribution < 1.29 is 23.7 Å². The van der Waals surface area contributed by atoms with Gasteiger partial charge in [-0.2, -0.15) is 0 Å². The molecule has 1 unspecified atom stereocenters. The van der Waals surface area contributed by atoms with Crippen molar-refractivity contribution in [2.75, 3.05) is 21.3 Å². The van der Waals surface area contributed by atoms with Crippen LogP contribution in [0.5, 0.6) is 17.2 Å². The maximum atomic E-state index is 10.4. The highest BCUT2D eigenvalue weighted by Crippen LogP contribution is 2.38. The van der Waals surface area contributed by atoms with E-state index in [4.69, 9.17) is 18.6 Å². The number of ether oxygens (including phenoxy) is 3. The Hall–Kier alpha value is -3.44. The lowest BCUT2D eigenvalue weighted by Crippen LogP contribution is -1.95. The van der Waals surface area contributed by atoms with E-state index in [9.17, 15) is 5.11 Å². The van der Waals surface area contributed by atoms with Crippen LogP contribution in [0.2, 0.25) is 0 Å². The summed E-state index contributed by atoms with van der Waals surface area (Å²) in [5.41, 5.74) is 2.98. The Labute approximate surface area is 202 Å². The molecule has 0 aliphatic carbocycles. The number of furan rings is 1. The van der Waals surface area contributed by atoms with Crippen molar-refractivity contribution in [3.05, 3.63) is 83.7 Å². The van der Waals surface area contributed by atoms with Crippen molar-refractivity contribution in [2.24, 2.45) is 0 Å². The number of allylic oxidation sites excluding steroid dienone is 5. The quantitative estimate of drug-likeness (QED) is 0.228. The van der Waals surface area contributed by atoms with Crippen LogP contribution in [0, 0.1) is 6.92 Å². The number of aryl methyl sites for hydroxylation is 1. The van der Waals surface area contributed by atoms with Gasteiger partial charge in [-0.05, 0) is 68.0 Å². The summed E-state index contributed by atoms with van der Waals surface area (Å²) < 4.78 is 21.9. The maximum absolute atomic E-state index is 10.4. The van der Waals surface area contributed by atoms with Crippen molar-refractivity contribution in [3.63, 3.8) is 0 Å². The number of unbranched alkanes of at least 4 members (excludes halogenated alkanes) is 1. The molecule has 5 heteroatoms. The zero-order valence-electron chi connectivity index (χ0n) is 20.4. The Kier molecular flexibility index (Phi) is 9.41. The smallest absolute Gasteiger partial charge is 0.203 e. The van der Waals surface area contributed by atoms with E-state index in [-0.39, 0.29) is 0 Å². The van der Waals surface area contributed by atoms with Crippen LogP contribution in [-0.2, 0) is 0 Å². The molecule has 3 aromatic rings. The number of benzene rings is 2. The van der Waals surface area contributed by atoms with Gasteiger partial charge in [0.2, 0.25) is 5.75 Å². The van der Waals surface area contributed by atoms with Gasteiger partial charge < -0.3 is 23.7 Å². The third kappa shape index (κ3) is 6.55. The van der Waals surface area contributed by atoms with Crippen LogP contribution in [0.1, 0.15) is 48.7 Å². The number of hydrogen-bond donors (Lipinski definition) is 1. The molecule has 0 saturated carbocycles. The van der Waals surface area contributed by atoms with E-state index in [1.165, 1.54) is 0 Å². The minimum Gasteiger partial charge on any atom is -0.493 e. The van der Waals surface area contributed by atoms with Crippen LogP contribution in [0.4, 0.5) is 0 Å². The van der Waals surface area contributed by atoms with Gasteiger partial charge in [-0.25, -0.2) is 0 Å². The summed E-state index contributed by atoms with van der Waals surface area (Å²) in [6, 6.07) is 11.8. The number of rotatable bonds is 12. The maximum Gasteiger partial charge on any atom is 0.203 e. The van der Waals surface area contributed by atoms with Crippen LogP contribution in [0.3, 0.4) is 0 Å². The molecule has 5 nitrogen and oxygen atoms in total. The van der Waals surface area contributed by atoms with Crippen LogP contribution in [0.15, 0.2) is 71.2 Å². The second-order valence-corrected chi connectivity index (χ2v) is 8.02. The molecule has 1 aromatic heterocycles. The summed E-state index contributed by atoms with van der Waals surface area (Å²) in [5, 5.41) is 11.5. The first-order valence-electron chi connectivity index (χ1n) is 11.5. The van der Waals surface area contributed by atoms with E-state index in [0.717, 1.165) is 41.4 Å². The van der Waals surface area contributed by atoms with Crippen LogP contribution >= 0.6 is 0 Å². The van der Waals surface area contributed by atoms with Gasteiger partial charge in [-0.15, -0.1) is 0 Å². The summed E-state index contributed by atoms with van der Waals surface area (Å²) in [6.45, 7) is 2.05. The molecule has 2 aromatic carbocycles. The Morgan fingerprint density at radius 3 is 2.21 bits per heavy atom. The van der Waals surface area contributed by atoms with Gasteiger partial charge in [0.05, 0.1) is 21.3 Å². The molecule has 1 atom stereocenters. The molecule has 1 N–H and O–H groups in total. The average Bonchev–Trinajstić information content (AvgIpc) is 3.30. The molecule has 1 heterocycles. The molecular formula is C29H34O5. The summed E-state index contributed by atoms with van der Waals surface area (Å²) >= 11 is 0. The van der Waals surface area contributed by atoms with E-state index in [1.807, 2.05) is 55.5 Å². The van der Waals surface area contributed by atoms with Crippen molar-refractivity contribution in [1.29, 1.82) is 0 Å². The van der Waals surface area contributed by atoms with Crippen molar-refractivity contribution in [2.45, 2.75) is 38.7 Å². The van der Waals surface area contributed by atoms with E-state index >= 15 is 0 Å². The van der Waals surface area contributed by atoms with Gasteiger partial charge in [0.25, 0.3) is 0 Å². The van der Waals surface area contributed by atoms with Gasteiger partial charge in [0.1, 0.15) is 17.4 Å². The lowest BCUT2D eigenvalue weighted by molar-refractivity contribution is 0.143. The van der Waals surface area contributed by atoms with Gasteiger partial charge in [0.15, 0.2) is 11.5 Å². The molecule has 0 spiro atoms. The Balaban J connectivity index is 1.40. The van der Waals surface area contributed by atoms with Gasteiger partial charge in [-0.1, -0.05) is 48.6 Å². The molecule has 0 fully saturated rings. The Morgan fingerprint density at radius 1 is 0.882 bits per heavy atom.